The zero-order chi connectivity index (χ0) is 23.8. The molecule has 1 N–H and O–H groups in total. The average Bonchev–Trinajstić information content (AvgIpc) is 3.37. The zero-order valence-corrected chi connectivity index (χ0v) is 18.9. The first-order valence-corrected chi connectivity index (χ1v) is 11.4. The molecule has 1 aliphatic rings. The van der Waals surface area contributed by atoms with Crippen molar-refractivity contribution in [3.8, 4) is 5.75 Å². The lowest BCUT2D eigenvalue weighted by molar-refractivity contribution is -0.132. The zero-order valence-electron chi connectivity index (χ0n) is 18.1. The van der Waals surface area contributed by atoms with Crippen molar-refractivity contribution in [3.05, 3.63) is 95.3 Å². The molecule has 0 saturated carbocycles. The van der Waals surface area contributed by atoms with E-state index in [1.165, 1.54) is 23.1 Å². The van der Waals surface area contributed by atoms with E-state index in [0.29, 0.717) is 33.7 Å². The normalized spacial score (nSPS) is 17.5. The second-order valence-electron chi connectivity index (χ2n) is 7.65. The van der Waals surface area contributed by atoms with Crippen LogP contribution in [0.5, 0.6) is 5.75 Å². The Bertz CT molecular complexity index is 1430. The van der Waals surface area contributed by atoms with Gasteiger partial charge in [0.15, 0.2) is 5.13 Å². The third-order valence-electron chi connectivity index (χ3n) is 5.54. The number of ether oxygens (including phenoxy) is 1. The van der Waals surface area contributed by atoms with Crippen LogP contribution in [0.3, 0.4) is 0 Å². The van der Waals surface area contributed by atoms with Crippen LogP contribution in [0.25, 0.3) is 16.0 Å². The molecule has 0 unspecified atom stereocenters. The average molecular weight is 475 g/mol. The third-order valence-corrected chi connectivity index (χ3v) is 6.56. The Kier molecular flexibility index (Phi) is 5.59. The third kappa shape index (κ3) is 3.72. The van der Waals surface area contributed by atoms with Gasteiger partial charge >= 0.3 is 5.91 Å². The summed E-state index contributed by atoms with van der Waals surface area (Å²) in [7, 11) is 0. The standard InChI is InChI=1S/C26H19FN2O4S/c1-2-33-18-11-8-16(9-12-18)23(30)21-22(15-6-4-3-5-7-15)29(25(32)24(21)31)26-28-19-13-10-17(27)14-20(19)34-26/h3-14,22,30H,2H2,1H3/b23-21+/t22-/m1/s1. The Hall–Kier alpha value is -4.04. The van der Waals surface area contributed by atoms with Crippen LogP contribution in [-0.4, -0.2) is 28.4 Å². The minimum absolute atomic E-state index is 0.0363. The number of benzene rings is 3. The van der Waals surface area contributed by atoms with Gasteiger partial charge in [0.05, 0.1) is 28.4 Å². The quantitative estimate of drug-likeness (QED) is 0.236. The van der Waals surface area contributed by atoms with Crippen molar-refractivity contribution < 1.29 is 23.8 Å². The first-order valence-electron chi connectivity index (χ1n) is 10.6. The number of Topliss-reactive ketones (excluding diaryl/α,β-unsaturated/α-hetero) is 1. The first kappa shape index (κ1) is 21.8. The molecule has 1 fully saturated rings. The van der Waals surface area contributed by atoms with Crippen LogP contribution in [-0.2, 0) is 9.59 Å². The van der Waals surface area contributed by atoms with Gasteiger partial charge in [-0.3, -0.25) is 14.5 Å². The van der Waals surface area contributed by atoms with Gasteiger partial charge in [-0.05, 0) is 55.0 Å². The van der Waals surface area contributed by atoms with E-state index < -0.39 is 23.5 Å². The van der Waals surface area contributed by atoms with E-state index in [2.05, 4.69) is 4.98 Å². The highest BCUT2D eigenvalue weighted by Gasteiger charge is 2.48. The van der Waals surface area contributed by atoms with Crippen LogP contribution in [0.1, 0.15) is 24.1 Å². The van der Waals surface area contributed by atoms with Crippen LogP contribution in [0.2, 0.25) is 0 Å². The number of fused-ring (bicyclic) bond motifs is 1. The van der Waals surface area contributed by atoms with Gasteiger partial charge in [0.1, 0.15) is 17.3 Å². The maximum Gasteiger partial charge on any atom is 0.301 e. The predicted molar refractivity (Wildman–Crippen MR) is 128 cm³/mol. The van der Waals surface area contributed by atoms with Crippen molar-refractivity contribution in [1.82, 2.24) is 4.98 Å². The van der Waals surface area contributed by atoms with Crippen molar-refractivity contribution in [2.75, 3.05) is 11.5 Å². The van der Waals surface area contributed by atoms with Gasteiger partial charge in [0.25, 0.3) is 5.78 Å². The van der Waals surface area contributed by atoms with Gasteiger partial charge < -0.3 is 9.84 Å². The highest BCUT2D eigenvalue weighted by atomic mass is 32.1. The highest BCUT2D eigenvalue weighted by molar-refractivity contribution is 7.22. The largest absolute Gasteiger partial charge is 0.507 e. The van der Waals surface area contributed by atoms with Crippen molar-refractivity contribution in [1.29, 1.82) is 0 Å². The number of aliphatic hydroxyl groups is 1. The highest BCUT2D eigenvalue weighted by Crippen LogP contribution is 2.44. The Morgan fingerprint density at radius 2 is 1.82 bits per heavy atom. The monoisotopic (exact) mass is 474 g/mol. The summed E-state index contributed by atoms with van der Waals surface area (Å²) in [6, 6.07) is 18.9. The summed E-state index contributed by atoms with van der Waals surface area (Å²) < 4.78 is 19.7. The van der Waals surface area contributed by atoms with Crippen LogP contribution >= 0.6 is 11.3 Å². The Morgan fingerprint density at radius 3 is 2.53 bits per heavy atom. The second-order valence-corrected chi connectivity index (χ2v) is 8.65. The molecule has 0 radical (unpaired) electrons. The van der Waals surface area contributed by atoms with E-state index in [-0.39, 0.29) is 16.5 Å². The summed E-state index contributed by atoms with van der Waals surface area (Å²) in [6.07, 6.45) is 0. The lowest BCUT2D eigenvalue weighted by Crippen LogP contribution is -2.29. The fourth-order valence-electron chi connectivity index (χ4n) is 4.00. The number of hydrogen-bond acceptors (Lipinski definition) is 6. The van der Waals surface area contributed by atoms with Gasteiger partial charge in [0, 0.05) is 5.56 Å². The molecule has 3 aromatic carbocycles. The lowest BCUT2D eigenvalue weighted by Gasteiger charge is -2.22. The summed E-state index contributed by atoms with van der Waals surface area (Å²) in [5.41, 5.74) is 1.50. The fraction of sp³-hybridized carbons (Fsp3) is 0.115. The van der Waals surface area contributed by atoms with E-state index in [0.717, 1.165) is 11.3 Å². The molecule has 1 atom stereocenters. The van der Waals surface area contributed by atoms with E-state index in [1.54, 1.807) is 48.5 Å². The van der Waals surface area contributed by atoms with Gasteiger partial charge in [0.2, 0.25) is 0 Å². The summed E-state index contributed by atoms with van der Waals surface area (Å²) >= 11 is 1.11. The van der Waals surface area contributed by atoms with E-state index in [1.807, 2.05) is 13.0 Å². The summed E-state index contributed by atoms with van der Waals surface area (Å²) in [5.74, 6) is -1.70. The minimum Gasteiger partial charge on any atom is -0.507 e. The smallest absolute Gasteiger partial charge is 0.301 e. The van der Waals surface area contributed by atoms with Crippen molar-refractivity contribution in [2.24, 2.45) is 0 Å². The van der Waals surface area contributed by atoms with E-state index in [4.69, 9.17) is 4.74 Å². The van der Waals surface area contributed by atoms with Crippen molar-refractivity contribution >= 4 is 44.1 Å². The van der Waals surface area contributed by atoms with Crippen LogP contribution in [0.4, 0.5) is 9.52 Å². The maximum atomic E-state index is 13.7. The van der Waals surface area contributed by atoms with Crippen molar-refractivity contribution in [2.45, 2.75) is 13.0 Å². The molecule has 34 heavy (non-hydrogen) atoms. The molecule has 1 amide bonds. The number of halogens is 1. The Labute approximate surface area is 198 Å². The fourth-order valence-corrected chi connectivity index (χ4v) is 5.02. The van der Waals surface area contributed by atoms with Crippen LogP contribution in [0.15, 0.2) is 78.4 Å². The molecule has 0 spiro atoms. The number of aliphatic hydroxyl groups excluding tert-OH is 1. The molecule has 1 saturated heterocycles. The molecule has 1 aromatic heterocycles. The molecular weight excluding hydrogens is 455 g/mol. The molecule has 5 rings (SSSR count). The van der Waals surface area contributed by atoms with Crippen molar-refractivity contribution in [3.63, 3.8) is 0 Å². The number of thiazole rings is 1. The number of amides is 1. The van der Waals surface area contributed by atoms with Gasteiger partial charge in [-0.2, -0.15) is 0 Å². The molecule has 1 aliphatic heterocycles. The SMILES string of the molecule is CCOc1ccc(/C(O)=C2\C(=O)C(=O)N(c3nc4ccc(F)cc4s3)[C@@H]2c2ccccc2)cc1. The van der Waals surface area contributed by atoms with Gasteiger partial charge in [-0.1, -0.05) is 41.7 Å². The molecule has 0 aliphatic carbocycles. The Balaban J connectivity index is 1.67. The number of anilines is 1. The van der Waals surface area contributed by atoms with E-state index >= 15 is 0 Å². The second kappa shape index (κ2) is 8.72. The molecule has 2 heterocycles. The molecule has 4 aromatic rings. The molecule has 170 valence electrons. The molecule has 6 nitrogen and oxygen atoms in total. The van der Waals surface area contributed by atoms with Gasteiger partial charge in [-0.25, -0.2) is 9.37 Å². The van der Waals surface area contributed by atoms with Gasteiger partial charge in [-0.15, -0.1) is 0 Å². The maximum absolute atomic E-state index is 13.7. The van der Waals surface area contributed by atoms with Crippen LogP contribution in [0, 0.1) is 5.82 Å². The summed E-state index contributed by atoms with van der Waals surface area (Å²) in [4.78, 5) is 32.2. The van der Waals surface area contributed by atoms with E-state index in [9.17, 15) is 19.1 Å². The number of nitrogens with zero attached hydrogens (tertiary/aromatic N) is 2. The number of carbonyl (C=O) groups is 2. The number of hydrogen-bond donors (Lipinski definition) is 1. The number of aromatic nitrogens is 1. The summed E-state index contributed by atoms with van der Waals surface area (Å²) in [5, 5.41) is 11.4. The minimum atomic E-state index is -0.891. The molecular formula is C26H19FN2O4S. The topological polar surface area (TPSA) is 79.7 Å². The number of carbonyl (C=O) groups excluding carboxylic acids is 2. The number of ketones is 1. The predicted octanol–water partition coefficient (Wildman–Crippen LogP) is 5.46. The van der Waals surface area contributed by atoms with Crippen LogP contribution < -0.4 is 9.64 Å². The number of rotatable bonds is 5. The Morgan fingerprint density at radius 1 is 1.09 bits per heavy atom. The first-order chi connectivity index (χ1) is 16.5. The molecule has 0 bridgehead atoms. The lowest BCUT2D eigenvalue weighted by atomic mass is 9.95. The summed E-state index contributed by atoms with van der Waals surface area (Å²) in [6.45, 7) is 2.36. The molecule has 8 heteroatoms.